The predicted octanol–water partition coefficient (Wildman–Crippen LogP) is -0.373. The molecule has 0 spiro atoms. The number of rotatable bonds is 0. The van der Waals surface area contributed by atoms with Crippen molar-refractivity contribution < 1.29 is 4.79 Å². The minimum Gasteiger partial charge on any atom is -0.354 e. The molecule has 0 aromatic carbocycles. The van der Waals surface area contributed by atoms with Crippen LogP contribution in [0.5, 0.6) is 0 Å². The smallest absolute Gasteiger partial charge is 0.221 e. The Kier molecular flexibility index (Phi) is 1.38. The third-order valence-electron chi connectivity index (χ3n) is 2.31. The Hall–Kier alpha value is -0.570. The molecule has 0 aromatic rings. The van der Waals surface area contributed by atoms with Gasteiger partial charge in [-0.3, -0.25) is 4.79 Å². The first-order chi connectivity index (χ1) is 4.84. The average Bonchev–Trinajstić information content (AvgIpc) is 2.22. The summed E-state index contributed by atoms with van der Waals surface area (Å²) in [6.45, 7) is 0.829. The van der Waals surface area contributed by atoms with Gasteiger partial charge in [0.05, 0.1) is 0 Å². The molecule has 0 unspecified atom stereocenters. The molecule has 2 saturated heterocycles. The summed E-state index contributed by atoms with van der Waals surface area (Å²) < 4.78 is 0. The maximum Gasteiger partial charge on any atom is 0.221 e. The minimum absolute atomic E-state index is 0.208. The van der Waals surface area contributed by atoms with Crippen LogP contribution in [0, 0.1) is 0 Å². The van der Waals surface area contributed by atoms with E-state index in [0.29, 0.717) is 18.5 Å². The number of amides is 1. The Balaban J connectivity index is 2.05. The van der Waals surface area contributed by atoms with Crippen LogP contribution in [0.3, 0.4) is 0 Å². The lowest BCUT2D eigenvalue weighted by Crippen LogP contribution is -2.33. The molecule has 2 atom stereocenters. The minimum atomic E-state index is 0.208. The molecule has 2 N–H and O–H groups in total. The van der Waals surface area contributed by atoms with Crippen molar-refractivity contribution in [2.45, 2.75) is 31.3 Å². The van der Waals surface area contributed by atoms with Crippen LogP contribution in [0.1, 0.15) is 19.3 Å². The summed E-state index contributed by atoms with van der Waals surface area (Å²) in [5, 5.41) is 6.27. The molecule has 56 valence electrons. The zero-order valence-corrected chi connectivity index (χ0v) is 5.89. The molecule has 2 fully saturated rings. The molecule has 0 radical (unpaired) electrons. The fourth-order valence-corrected chi connectivity index (χ4v) is 1.76. The molecule has 2 bridgehead atoms. The average molecular weight is 140 g/mol. The van der Waals surface area contributed by atoms with Crippen molar-refractivity contribution >= 4 is 5.91 Å². The molecule has 2 aliphatic rings. The van der Waals surface area contributed by atoms with E-state index in [0.717, 1.165) is 6.54 Å². The Bertz CT molecular complexity index is 158. The van der Waals surface area contributed by atoms with E-state index in [2.05, 4.69) is 10.6 Å². The molecule has 0 aliphatic carbocycles. The maximum absolute atomic E-state index is 10.9. The number of hydrogen-bond acceptors (Lipinski definition) is 2. The second-order valence-electron chi connectivity index (χ2n) is 3.15. The van der Waals surface area contributed by atoms with E-state index in [1.807, 2.05) is 0 Å². The highest BCUT2D eigenvalue weighted by Gasteiger charge is 2.28. The van der Waals surface area contributed by atoms with Gasteiger partial charge in [-0.25, -0.2) is 0 Å². The number of carbonyl (C=O) groups is 1. The first-order valence-corrected chi connectivity index (χ1v) is 3.87. The molecule has 2 rings (SSSR count). The van der Waals surface area contributed by atoms with Crippen LogP contribution in [0.4, 0.5) is 0 Å². The summed E-state index contributed by atoms with van der Waals surface area (Å²) >= 11 is 0. The van der Waals surface area contributed by atoms with Crippen LogP contribution in [-0.4, -0.2) is 24.5 Å². The number of carbonyl (C=O) groups excluding carboxylic acids is 1. The summed E-state index contributed by atoms with van der Waals surface area (Å²) in [5.74, 6) is 0.208. The largest absolute Gasteiger partial charge is 0.354 e. The van der Waals surface area contributed by atoms with Gasteiger partial charge in [-0.2, -0.15) is 0 Å². The van der Waals surface area contributed by atoms with Crippen LogP contribution >= 0.6 is 0 Å². The summed E-state index contributed by atoms with van der Waals surface area (Å²) in [4.78, 5) is 10.9. The predicted molar refractivity (Wildman–Crippen MR) is 37.6 cm³/mol. The van der Waals surface area contributed by atoms with Gasteiger partial charge in [0.25, 0.3) is 0 Å². The molecular formula is C7H12N2O. The summed E-state index contributed by atoms with van der Waals surface area (Å²) in [6.07, 6.45) is 3.08. The van der Waals surface area contributed by atoms with E-state index in [1.54, 1.807) is 0 Å². The summed E-state index contributed by atoms with van der Waals surface area (Å²) in [5.41, 5.74) is 0. The normalized spacial score (nSPS) is 39.0. The molecule has 2 heterocycles. The Morgan fingerprint density at radius 1 is 1.30 bits per heavy atom. The van der Waals surface area contributed by atoms with Gasteiger partial charge in [0.15, 0.2) is 0 Å². The summed E-state index contributed by atoms with van der Waals surface area (Å²) in [7, 11) is 0. The lowest BCUT2D eigenvalue weighted by atomic mass is 10.1. The zero-order chi connectivity index (χ0) is 6.97. The van der Waals surface area contributed by atoms with Crippen LogP contribution in [0.25, 0.3) is 0 Å². The van der Waals surface area contributed by atoms with Crippen LogP contribution in [0.15, 0.2) is 0 Å². The molecule has 3 heteroatoms. The van der Waals surface area contributed by atoms with Crippen LogP contribution in [-0.2, 0) is 4.79 Å². The van der Waals surface area contributed by atoms with Crippen molar-refractivity contribution in [1.82, 2.24) is 10.6 Å². The van der Waals surface area contributed by atoms with Gasteiger partial charge in [-0.05, 0) is 12.8 Å². The Morgan fingerprint density at radius 3 is 3.00 bits per heavy atom. The Morgan fingerprint density at radius 2 is 2.10 bits per heavy atom. The fourth-order valence-electron chi connectivity index (χ4n) is 1.76. The van der Waals surface area contributed by atoms with Crippen LogP contribution in [0.2, 0.25) is 0 Å². The van der Waals surface area contributed by atoms with Gasteiger partial charge in [0.1, 0.15) is 0 Å². The summed E-state index contributed by atoms with van der Waals surface area (Å²) in [6, 6.07) is 1.02. The molecule has 2 aliphatic heterocycles. The van der Waals surface area contributed by atoms with Gasteiger partial charge in [-0.15, -0.1) is 0 Å². The first kappa shape index (κ1) is 6.16. The fraction of sp³-hybridized carbons (Fsp3) is 0.857. The quantitative estimate of drug-likeness (QED) is 0.482. The van der Waals surface area contributed by atoms with Gasteiger partial charge in [-0.1, -0.05) is 0 Å². The standard InChI is InChI=1S/C7H12N2O/c10-7-3-5-1-2-6(9-5)4-8-7/h5-6,9H,1-4H2,(H,8,10)/t5-,6-/m1/s1. The number of nitrogens with one attached hydrogen (secondary N) is 2. The number of fused-ring (bicyclic) bond motifs is 2. The monoisotopic (exact) mass is 140 g/mol. The molecule has 3 nitrogen and oxygen atoms in total. The van der Waals surface area contributed by atoms with E-state index in [4.69, 9.17) is 0 Å². The molecule has 1 amide bonds. The lowest BCUT2D eigenvalue weighted by molar-refractivity contribution is -0.121. The molecule has 0 aromatic heterocycles. The Labute approximate surface area is 60.2 Å². The van der Waals surface area contributed by atoms with Gasteiger partial charge in [0.2, 0.25) is 5.91 Å². The van der Waals surface area contributed by atoms with E-state index in [9.17, 15) is 4.79 Å². The van der Waals surface area contributed by atoms with Crippen molar-refractivity contribution in [1.29, 1.82) is 0 Å². The van der Waals surface area contributed by atoms with Crippen molar-refractivity contribution in [2.24, 2.45) is 0 Å². The molecule has 10 heavy (non-hydrogen) atoms. The van der Waals surface area contributed by atoms with Crippen molar-refractivity contribution in [3.05, 3.63) is 0 Å². The SMILES string of the molecule is O=C1C[C@H]2CC[C@H](CN1)N2. The van der Waals surface area contributed by atoms with E-state index in [-0.39, 0.29) is 5.91 Å². The van der Waals surface area contributed by atoms with Crippen molar-refractivity contribution in [2.75, 3.05) is 6.54 Å². The highest BCUT2D eigenvalue weighted by molar-refractivity contribution is 5.77. The molecular weight excluding hydrogens is 128 g/mol. The van der Waals surface area contributed by atoms with Crippen LogP contribution < -0.4 is 10.6 Å². The van der Waals surface area contributed by atoms with E-state index < -0.39 is 0 Å². The lowest BCUT2D eigenvalue weighted by Gasteiger charge is -2.06. The van der Waals surface area contributed by atoms with Crippen molar-refractivity contribution in [3.8, 4) is 0 Å². The van der Waals surface area contributed by atoms with Crippen molar-refractivity contribution in [3.63, 3.8) is 0 Å². The van der Waals surface area contributed by atoms with E-state index >= 15 is 0 Å². The third kappa shape index (κ3) is 1.01. The number of hydrogen-bond donors (Lipinski definition) is 2. The van der Waals surface area contributed by atoms with Gasteiger partial charge in [0, 0.05) is 25.0 Å². The maximum atomic E-state index is 10.9. The highest BCUT2D eigenvalue weighted by atomic mass is 16.1. The topological polar surface area (TPSA) is 41.1 Å². The second-order valence-corrected chi connectivity index (χ2v) is 3.15. The zero-order valence-electron chi connectivity index (χ0n) is 5.89. The van der Waals surface area contributed by atoms with E-state index in [1.165, 1.54) is 12.8 Å². The highest BCUT2D eigenvalue weighted by Crippen LogP contribution is 2.16. The van der Waals surface area contributed by atoms with Gasteiger partial charge < -0.3 is 10.6 Å². The first-order valence-electron chi connectivity index (χ1n) is 3.87. The molecule has 0 saturated carbocycles. The second kappa shape index (κ2) is 2.23. The third-order valence-corrected chi connectivity index (χ3v) is 2.31. The van der Waals surface area contributed by atoms with Gasteiger partial charge >= 0.3 is 0 Å².